The molecule has 5 atom stereocenters. The number of aromatic nitrogens is 1. The molecule has 0 saturated carbocycles. The number of hydrogen-bond donors (Lipinski definition) is 1. The highest BCUT2D eigenvalue weighted by atomic mass is 35.5. The SMILES string of the molecule is OCCCc1ccc(Cn2cc([C@@H]3O[C@H](COCc4ccccc4)[C@@H](OCc4ccccc4)[C@H](OCc4ccccc4)[C@H]3OCc3ccccc3)c3cccc(Cl)c32)cc1. The number of aryl methyl sites for hydroxylation is 1. The lowest BCUT2D eigenvalue weighted by Crippen LogP contribution is -2.58. The topological polar surface area (TPSA) is 71.3 Å². The minimum Gasteiger partial charge on any atom is -0.396 e. The van der Waals surface area contributed by atoms with E-state index in [2.05, 4.69) is 89.6 Å². The molecular formula is C52H52ClNO6. The van der Waals surface area contributed by atoms with Gasteiger partial charge in [-0.3, -0.25) is 0 Å². The first-order chi connectivity index (χ1) is 29.6. The normalized spacial score (nSPS) is 19.1. The van der Waals surface area contributed by atoms with Crippen molar-refractivity contribution in [1.29, 1.82) is 0 Å². The van der Waals surface area contributed by atoms with Crippen LogP contribution in [0.5, 0.6) is 0 Å². The van der Waals surface area contributed by atoms with Gasteiger partial charge in [0.1, 0.15) is 30.5 Å². The number of halogens is 1. The van der Waals surface area contributed by atoms with Crippen molar-refractivity contribution >= 4 is 22.5 Å². The lowest BCUT2D eigenvalue weighted by atomic mass is 9.90. The maximum Gasteiger partial charge on any atom is 0.117 e. The van der Waals surface area contributed by atoms with E-state index >= 15 is 0 Å². The van der Waals surface area contributed by atoms with Crippen LogP contribution in [0.4, 0.5) is 0 Å². The maximum atomic E-state index is 9.36. The Bertz CT molecular complexity index is 2340. The largest absolute Gasteiger partial charge is 0.396 e. The number of fused-ring (bicyclic) bond motifs is 1. The monoisotopic (exact) mass is 821 g/mol. The van der Waals surface area contributed by atoms with E-state index in [0.29, 0.717) is 38.0 Å². The molecule has 0 aliphatic carbocycles. The van der Waals surface area contributed by atoms with Gasteiger partial charge in [0.15, 0.2) is 0 Å². The third-order valence-corrected chi connectivity index (χ3v) is 11.4. The number of para-hydroxylation sites is 1. The van der Waals surface area contributed by atoms with Gasteiger partial charge < -0.3 is 33.4 Å². The molecule has 0 unspecified atom stereocenters. The fraction of sp³-hybridized carbons (Fsp3) is 0.269. The summed E-state index contributed by atoms with van der Waals surface area (Å²) in [6.45, 7) is 2.53. The van der Waals surface area contributed by atoms with Crippen molar-refractivity contribution in [1.82, 2.24) is 4.57 Å². The van der Waals surface area contributed by atoms with E-state index in [1.807, 2.05) is 84.9 Å². The maximum absolute atomic E-state index is 9.36. The molecular weight excluding hydrogens is 770 g/mol. The average Bonchev–Trinajstić information content (AvgIpc) is 3.67. The van der Waals surface area contributed by atoms with E-state index in [1.165, 1.54) is 5.56 Å². The molecule has 1 saturated heterocycles. The number of aliphatic hydroxyl groups excluding tert-OH is 1. The fourth-order valence-corrected chi connectivity index (χ4v) is 8.31. The van der Waals surface area contributed by atoms with Crippen LogP contribution in [0, 0.1) is 0 Å². The second kappa shape index (κ2) is 20.9. The first-order valence-electron chi connectivity index (χ1n) is 20.8. The molecule has 308 valence electrons. The summed E-state index contributed by atoms with van der Waals surface area (Å²) >= 11 is 7.08. The van der Waals surface area contributed by atoms with Crippen LogP contribution in [0.3, 0.4) is 0 Å². The molecule has 8 rings (SSSR count). The highest BCUT2D eigenvalue weighted by molar-refractivity contribution is 6.35. The summed E-state index contributed by atoms with van der Waals surface area (Å²) in [4.78, 5) is 0. The summed E-state index contributed by atoms with van der Waals surface area (Å²) in [6, 6.07) is 55.4. The van der Waals surface area contributed by atoms with Gasteiger partial charge in [-0.2, -0.15) is 0 Å². The van der Waals surface area contributed by atoms with Crippen LogP contribution in [0.15, 0.2) is 170 Å². The molecule has 0 amide bonds. The van der Waals surface area contributed by atoms with E-state index in [9.17, 15) is 5.11 Å². The summed E-state index contributed by atoms with van der Waals surface area (Å²) in [5.74, 6) is 0. The Morgan fingerprint density at radius 3 is 1.62 bits per heavy atom. The molecule has 1 aliphatic heterocycles. The Morgan fingerprint density at radius 1 is 0.533 bits per heavy atom. The second-order valence-corrected chi connectivity index (χ2v) is 15.8. The predicted molar refractivity (Wildman–Crippen MR) is 237 cm³/mol. The zero-order valence-corrected chi connectivity index (χ0v) is 34.5. The van der Waals surface area contributed by atoms with Gasteiger partial charge in [0.2, 0.25) is 0 Å². The molecule has 60 heavy (non-hydrogen) atoms. The van der Waals surface area contributed by atoms with Crippen LogP contribution in [0.25, 0.3) is 10.9 Å². The Hall–Kier alpha value is -5.09. The molecule has 0 radical (unpaired) electrons. The number of rotatable bonds is 19. The number of benzene rings is 6. The molecule has 0 spiro atoms. The number of ether oxygens (including phenoxy) is 5. The minimum absolute atomic E-state index is 0.176. The van der Waals surface area contributed by atoms with E-state index in [-0.39, 0.29) is 13.2 Å². The summed E-state index contributed by atoms with van der Waals surface area (Å²) in [5.41, 5.74) is 8.42. The van der Waals surface area contributed by atoms with Gasteiger partial charge in [0, 0.05) is 30.3 Å². The second-order valence-electron chi connectivity index (χ2n) is 15.4. The van der Waals surface area contributed by atoms with E-state index in [0.717, 1.165) is 57.1 Å². The van der Waals surface area contributed by atoms with Crippen molar-refractivity contribution in [3.05, 3.63) is 214 Å². The van der Waals surface area contributed by atoms with Gasteiger partial charge in [0.25, 0.3) is 0 Å². The molecule has 1 N–H and O–H groups in total. The van der Waals surface area contributed by atoms with Gasteiger partial charge in [-0.05, 0) is 52.3 Å². The van der Waals surface area contributed by atoms with Crippen molar-refractivity contribution in [2.45, 2.75) is 76.3 Å². The highest BCUT2D eigenvalue weighted by Gasteiger charge is 2.49. The molecule has 2 heterocycles. The first-order valence-corrected chi connectivity index (χ1v) is 21.2. The summed E-state index contributed by atoms with van der Waals surface area (Å²) in [7, 11) is 0. The van der Waals surface area contributed by atoms with Gasteiger partial charge in [0.05, 0.1) is 43.6 Å². The molecule has 1 aliphatic rings. The molecule has 1 aromatic heterocycles. The third-order valence-electron chi connectivity index (χ3n) is 11.1. The molecule has 1 fully saturated rings. The van der Waals surface area contributed by atoms with Crippen LogP contribution < -0.4 is 0 Å². The predicted octanol–water partition coefficient (Wildman–Crippen LogP) is 10.7. The van der Waals surface area contributed by atoms with Crippen LogP contribution in [-0.2, 0) is 63.1 Å². The third kappa shape index (κ3) is 10.6. The average molecular weight is 822 g/mol. The van der Waals surface area contributed by atoms with Crippen LogP contribution in [0.1, 0.15) is 51.5 Å². The van der Waals surface area contributed by atoms with E-state index in [4.69, 9.17) is 35.3 Å². The van der Waals surface area contributed by atoms with Crippen molar-refractivity contribution in [3.8, 4) is 0 Å². The Morgan fingerprint density at radius 2 is 1.05 bits per heavy atom. The summed E-state index contributed by atoms with van der Waals surface area (Å²) < 4.78 is 37.1. The van der Waals surface area contributed by atoms with E-state index < -0.39 is 30.5 Å². The molecule has 0 bridgehead atoms. The number of hydrogen-bond acceptors (Lipinski definition) is 6. The lowest BCUT2D eigenvalue weighted by Gasteiger charge is -2.46. The van der Waals surface area contributed by atoms with E-state index in [1.54, 1.807) is 0 Å². The molecule has 8 heteroatoms. The zero-order chi connectivity index (χ0) is 40.9. The Labute approximate surface area is 358 Å². The molecule has 7 aromatic rings. The van der Waals surface area contributed by atoms with Crippen molar-refractivity contribution < 1.29 is 28.8 Å². The molecule has 6 aromatic carbocycles. The smallest absolute Gasteiger partial charge is 0.117 e. The van der Waals surface area contributed by atoms with Crippen LogP contribution >= 0.6 is 11.6 Å². The highest BCUT2D eigenvalue weighted by Crippen LogP contribution is 2.43. The number of nitrogens with zero attached hydrogens (tertiary/aromatic N) is 1. The molecule has 7 nitrogen and oxygen atoms in total. The van der Waals surface area contributed by atoms with Gasteiger partial charge in [-0.15, -0.1) is 0 Å². The fourth-order valence-electron chi connectivity index (χ4n) is 8.02. The standard InChI is InChI=1S/C52H52ClNO6/c53-46-25-13-24-44-45(32-54(48(44)46)31-39-28-26-38(27-29-39)23-14-30-55)49-51(58-35-42-19-9-3-10-20-42)52(59-36-43-21-11-4-12-22-43)50(57-34-41-17-7-2-8-18-41)47(60-49)37-56-33-40-15-5-1-6-16-40/h1-13,15-22,24-29,32,47,49-52,55H,14,23,30-31,33-37H2/t47-,49+,50-,51+,52+/m1/s1. The van der Waals surface area contributed by atoms with Crippen LogP contribution in [0.2, 0.25) is 5.02 Å². The number of aliphatic hydroxyl groups is 1. The Balaban J connectivity index is 1.20. The lowest BCUT2D eigenvalue weighted by molar-refractivity contribution is -0.274. The van der Waals surface area contributed by atoms with Crippen molar-refractivity contribution in [2.24, 2.45) is 0 Å². The zero-order valence-electron chi connectivity index (χ0n) is 33.7. The van der Waals surface area contributed by atoms with Crippen LogP contribution in [-0.4, -0.2) is 47.3 Å². The van der Waals surface area contributed by atoms with Crippen molar-refractivity contribution in [3.63, 3.8) is 0 Å². The van der Waals surface area contributed by atoms with Gasteiger partial charge in [-0.25, -0.2) is 0 Å². The Kier molecular flexibility index (Phi) is 14.5. The summed E-state index contributed by atoms with van der Waals surface area (Å²) in [5, 5.41) is 11.0. The minimum atomic E-state index is -0.594. The van der Waals surface area contributed by atoms with Gasteiger partial charge >= 0.3 is 0 Å². The van der Waals surface area contributed by atoms with Gasteiger partial charge in [-0.1, -0.05) is 169 Å². The summed E-state index contributed by atoms with van der Waals surface area (Å²) in [6.07, 6.45) is 0.923. The quantitative estimate of drug-likeness (QED) is 0.0876. The first kappa shape index (κ1) is 41.6. The van der Waals surface area contributed by atoms with Crippen molar-refractivity contribution in [2.75, 3.05) is 13.2 Å².